The number of carbonyl (C=O) groups is 3. The van der Waals surface area contributed by atoms with E-state index < -0.39 is 0 Å². The Balaban J connectivity index is 1.42. The van der Waals surface area contributed by atoms with Crippen LogP contribution in [0.15, 0.2) is 18.2 Å². The first-order valence-corrected chi connectivity index (χ1v) is 11.4. The van der Waals surface area contributed by atoms with Crippen molar-refractivity contribution < 1.29 is 23.9 Å². The molecule has 8 heteroatoms. The number of hydrogen-bond donors (Lipinski definition) is 1. The molecular formula is C24H35N3O5. The van der Waals surface area contributed by atoms with Gasteiger partial charge in [-0.05, 0) is 50.8 Å². The van der Waals surface area contributed by atoms with Crippen LogP contribution >= 0.6 is 0 Å². The molecular weight excluding hydrogens is 410 g/mol. The highest BCUT2D eigenvalue weighted by Crippen LogP contribution is 2.28. The first kappa shape index (κ1) is 23.9. The lowest BCUT2D eigenvalue weighted by atomic mass is 10.0. The van der Waals surface area contributed by atoms with Crippen LogP contribution in [0.25, 0.3) is 0 Å². The van der Waals surface area contributed by atoms with Gasteiger partial charge in [0.2, 0.25) is 17.7 Å². The standard InChI is InChI=1S/C24H35N3O5/c1-16(2)27-15-18(14-23(27)29)24(30)25-19-9-11-26(12-10-19)22(28)8-6-17-5-7-20(31-3)21(13-17)32-4/h5,7,13,16,18-19H,6,8-12,14-15H2,1-4H3,(H,25,30). The minimum Gasteiger partial charge on any atom is -0.493 e. The number of ether oxygens (including phenoxy) is 2. The van der Waals surface area contributed by atoms with Gasteiger partial charge < -0.3 is 24.6 Å². The second-order valence-corrected chi connectivity index (χ2v) is 8.89. The van der Waals surface area contributed by atoms with E-state index >= 15 is 0 Å². The van der Waals surface area contributed by atoms with Crippen LogP contribution in [0, 0.1) is 5.92 Å². The van der Waals surface area contributed by atoms with Crippen LogP contribution in [0.2, 0.25) is 0 Å². The van der Waals surface area contributed by atoms with Crippen molar-refractivity contribution in [1.29, 1.82) is 0 Å². The molecule has 0 aliphatic carbocycles. The van der Waals surface area contributed by atoms with Crippen molar-refractivity contribution in [3.05, 3.63) is 23.8 Å². The fourth-order valence-electron chi connectivity index (χ4n) is 4.44. The third kappa shape index (κ3) is 5.72. The highest BCUT2D eigenvalue weighted by molar-refractivity contribution is 5.89. The predicted molar refractivity (Wildman–Crippen MR) is 121 cm³/mol. The number of likely N-dealkylation sites (tertiary alicyclic amines) is 2. The molecule has 2 fully saturated rings. The number of benzene rings is 1. The fraction of sp³-hybridized carbons (Fsp3) is 0.625. The molecule has 1 N–H and O–H groups in total. The third-order valence-electron chi connectivity index (χ3n) is 6.42. The van der Waals surface area contributed by atoms with Gasteiger partial charge >= 0.3 is 0 Å². The van der Waals surface area contributed by atoms with E-state index in [2.05, 4.69) is 5.32 Å². The molecule has 0 aromatic heterocycles. The van der Waals surface area contributed by atoms with Crippen LogP contribution < -0.4 is 14.8 Å². The van der Waals surface area contributed by atoms with E-state index in [1.807, 2.05) is 36.9 Å². The maximum atomic E-state index is 12.7. The zero-order chi connectivity index (χ0) is 23.3. The number of nitrogens with one attached hydrogen (secondary N) is 1. The largest absolute Gasteiger partial charge is 0.493 e. The van der Waals surface area contributed by atoms with Crippen LogP contribution in [0.5, 0.6) is 11.5 Å². The van der Waals surface area contributed by atoms with Crippen molar-refractivity contribution >= 4 is 17.7 Å². The maximum absolute atomic E-state index is 12.7. The molecule has 2 saturated heterocycles. The maximum Gasteiger partial charge on any atom is 0.225 e. The molecule has 0 saturated carbocycles. The summed E-state index contributed by atoms with van der Waals surface area (Å²) in [7, 11) is 3.20. The summed E-state index contributed by atoms with van der Waals surface area (Å²) in [5.41, 5.74) is 1.03. The van der Waals surface area contributed by atoms with E-state index in [4.69, 9.17) is 9.47 Å². The van der Waals surface area contributed by atoms with E-state index in [-0.39, 0.29) is 42.1 Å². The normalized spacial score (nSPS) is 19.4. The number of nitrogens with zero attached hydrogens (tertiary/aromatic N) is 2. The summed E-state index contributed by atoms with van der Waals surface area (Å²) in [6, 6.07) is 5.88. The molecule has 2 aliphatic heterocycles. The lowest BCUT2D eigenvalue weighted by Crippen LogP contribution is -2.48. The van der Waals surface area contributed by atoms with Gasteiger partial charge in [-0.1, -0.05) is 6.07 Å². The monoisotopic (exact) mass is 445 g/mol. The SMILES string of the molecule is COc1ccc(CCC(=O)N2CCC(NC(=O)C3CC(=O)N(C(C)C)C3)CC2)cc1OC. The summed E-state index contributed by atoms with van der Waals surface area (Å²) in [4.78, 5) is 41.0. The highest BCUT2D eigenvalue weighted by Gasteiger charge is 2.36. The summed E-state index contributed by atoms with van der Waals surface area (Å²) in [6.45, 7) is 5.71. The van der Waals surface area contributed by atoms with Crippen molar-refractivity contribution in [1.82, 2.24) is 15.1 Å². The minimum absolute atomic E-state index is 0.0419. The van der Waals surface area contributed by atoms with Gasteiger partial charge in [0.25, 0.3) is 0 Å². The molecule has 1 aromatic rings. The van der Waals surface area contributed by atoms with Crippen molar-refractivity contribution in [3.8, 4) is 11.5 Å². The van der Waals surface area contributed by atoms with E-state index in [0.29, 0.717) is 44.0 Å². The Hall–Kier alpha value is -2.77. The highest BCUT2D eigenvalue weighted by atomic mass is 16.5. The Morgan fingerprint density at radius 2 is 1.81 bits per heavy atom. The lowest BCUT2D eigenvalue weighted by molar-refractivity contribution is -0.133. The van der Waals surface area contributed by atoms with E-state index in [1.54, 1.807) is 19.1 Å². The number of methoxy groups -OCH3 is 2. The molecule has 1 aromatic carbocycles. The van der Waals surface area contributed by atoms with Crippen molar-refractivity contribution in [2.24, 2.45) is 5.92 Å². The van der Waals surface area contributed by atoms with Gasteiger partial charge in [0, 0.05) is 44.6 Å². The van der Waals surface area contributed by atoms with Gasteiger partial charge in [0.15, 0.2) is 11.5 Å². The summed E-state index contributed by atoms with van der Waals surface area (Å²) in [5, 5.41) is 3.10. The number of carbonyl (C=O) groups excluding carboxylic acids is 3. The zero-order valence-corrected chi connectivity index (χ0v) is 19.6. The average Bonchev–Trinajstić information content (AvgIpc) is 3.19. The van der Waals surface area contributed by atoms with Crippen molar-refractivity contribution in [2.75, 3.05) is 33.9 Å². The molecule has 176 valence electrons. The number of rotatable bonds is 8. The minimum atomic E-state index is -0.272. The van der Waals surface area contributed by atoms with Crippen molar-refractivity contribution in [2.45, 2.75) is 58.0 Å². The number of piperidine rings is 1. The van der Waals surface area contributed by atoms with Crippen LogP contribution in [0.4, 0.5) is 0 Å². The summed E-state index contributed by atoms with van der Waals surface area (Å²) < 4.78 is 10.6. The Morgan fingerprint density at radius 1 is 1.12 bits per heavy atom. The Bertz CT molecular complexity index is 833. The van der Waals surface area contributed by atoms with Gasteiger partial charge in [-0.2, -0.15) is 0 Å². The van der Waals surface area contributed by atoms with Crippen LogP contribution in [-0.2, 0) is 20.8 Å². The molecule has 0 spiro atoms. The topological polar surface area (TPSA) is 88.2 Å². The second-order valence-electron chi connectivity index (χ2n) is 8.89. The molecule has 0 bridgehead atoms. The van der Waals surface area contributed by atoms with Gasteiger partial charge in [-0.25, -0.2) is 0 Å². The van der Waals surface area contributed by atoms with Crippen LogP contribution in [0.3, 0.4) is 0 Å². The summed E-state index contributed by atoms with van der Waals surface area (Å²) >= 11 is 0. The smallest absolute Gasteiger partial charge is 0.225 e. The Morgan fingerprint density at radius 3 is 2.41 bits per heavy atom. The van der Waals surface area contributed by atoms with Gasteiger partial charge in [-0.3, -0.25) is 14.4 Å². The second kappa shape index (κ2) is 10.7. The van der Waals surface area contributed by atoms with Crippen LogP contribution in [0.1, 0.15) is 45.1 Å². The van der Waals surface area contributed by atoms with Gasteiger partial charge in [0.1, 0.15) is 0 Å². The molecule has 3 rings (SSSR count). The van der Waals surface area contributed by atoms with Crippen LogP contribution in [-0.4, -0.2) is 73.5 Å². The Labute approximate surface area is 190 Å². The molecule has 8 nitrogen and oxygen atoms in total. The molecule has 2 aliphatic rings. The van der Waals surface area contributed by atoms with Gasteiger partial charge in [0.05, 0.1) is 20.1 Å². The van der Waals surface area contributed by atoms with E-state index in [1.165, 1.54) is 0 Å². The zero-order valence-electron chi connectivity index (χ0n) is 19.6. The lowest BCUT2D eigenvalue weighted by Gasteiger charge is -2.33. The van der Waals surface area contributed by atoms with Crippen molar-refractivity contribution in [3.63, 3.8) is 0 Å². The number of aryl methyl sites for hydroxylation is 1. The Kier molecular flexibility index (Phi) is 7.99. The number of amides is 3. The predicted octanol–water partition coefficient (Wildman–Crippen LogP) is 2.00. The fourth-order valence-corrected chi connectivity index (χ4v) is 4.44. The van der Waals surface area contributed by atoms with E-state index in [0.717, 1.165) is 18.4 Å². The first-order valence-electron chi connectivity index (χ1n) is 11.4. The molecule has 1 atom stereocenters. The van der Waals surface area contributed by atoms with Gasteiger partial charge in [-0.15, -0.1) is 0 Å². The molecule has 0 radical (unpaired) electrons. The van der Waals surface area contributed by atoms with E-state index in [9.17, 15) is 14.4 Å². The molecule has 3 amide bonds. The average molecular weight is 446 g/mol. The molecule has 32 heavy (non-hydrogen) atoms. The summed E-state index contributed by atoms with van der Waals surface area (Å²) in [5.74, 6) is 1.19. The first-order chi connectivity index (χ1) is 15.3. The quantitative estimate of drug-likeness (QED) is 0.661. The summed E-state index contributed by atoms with van der Waals surface area (Å²) in [6.07, 6.45) is 2.84. The molecule has 1 unspecified atom stereocenters. The number of hydrogen-bond acceptors (Lipinski definition) is 5. The third-order valence-corrected chi connectivity index (χ3v) is 6.42. The molecule has 2 heterocycles.